The van der Waals surface area contributed by atoms with Gasteiger partial charge in [-0.15, -0.1) is 0 Å². The number of pyridine rings is 2. The molecule has 0 aliphatic carbocycles. The SMILES string of the molecule is O=C(Nc1ccc(Cl)cc1)c1ccncc1NCc1ccncc1. The molecule has 3 aromatic rings. The Morgan fingerprint density at radius 2 is 1.67 bits per heavy atom. The standard InChI is InChI=1S/C18H15ClN4O/c19-14-1-3-15(4-2-14)23-18(24)16-7-10-21-12-17(16)22-11-13-5-8-20-9-6-13/h1-10,12,22H,11H2,(H,23,24). The highest BCUT2D eigenvalue weighted by Crippen LogP contribution is 2.18. The fraction of sp³-hybridized carbons (Fsp3) is 0.0556. The number of aromatic nitrogens is 2. The molecule has 24 heavy (non-hydrogen) atoms. The molecule has 2 N–H and O–H groups in total. The topological polar surface area (TPSA) is 66.9 Å². The third kappa shape index (κ3) is 4.08. The molecule has 5 nitrogen and oxygen atoms in total. The summed E-state index contributed by atoms with van der Waals surface area (Å²) in [5, 5.41) is 6.70. The van der Waals surface area contributed by atoms with Crippen LogP contribution in [0.15, 0.2) is 67.3 Å². The summed E-state index contributed by atoms with van der Waals surface area (Å²) in [7, 11) is 0. The minimum absolute atomic E-state index is 0.211. The molecule has 0 aliphatic rings. The van der Waals surface area contributed by atoms with Crippen LogP contribution in [0, 0.1) is 0 Å². The van der Waals surface area contributed by atoms with Gasteiger partial charge in [-0.2, -0.15) is 0 Å². The summed E-state index contributed by atoms with van der Waals surface area (Å²) in [5.74, 6) is -0.211. The molecule has 3 rings (SSSR count). The third-order valence-corrected chi connectivity index (χ3v) is 3.65. The van der Waals surface area contributed by atoms with E-state index in [1.165, 1.54) is 0 Å². The van der Waals surface area contributed by atoms with E-state index in [1.54, 1.807) is 55.1 Å². The fourth-order valence-electron chi connectivity index (χ4n) is 2.16. The monoisotopic (exact) mass is 338 g/mol. The summed E-state index contributed by atoms with van der Waals surface area (Å²) in [4.78, 5) is 20.6. The molecule has 0 atom stereocenters. The lowest BCUT2D eigenvalue weighted by atomic mass is 10.2. The van der Waals surface area contributed by atoms with Crippen molar-refractivity contribution in [2.45, 2.75) is 6.54 Å². The lowest BCUT2D eigenvalue weighted by Crippen LogP contribution is -2.15. The molecule has 0 spiro atoms. The molecule has 2 aromatic heterocycles. The lowest BCUT2D eigenvalue weighted by molar-refractivity contribution is 0.102. The van der Waals surface area contributed by atoms with Gasteiger partial charge in [-0.3, -0.25) is 14.8 Å². The summed E-state index contributed by atoms with van der Waals surface area (Å²) < 4.78 is 0. The highest BCUT2D eigenvalue weighted by molar-refractivity contribution is 6.30. The zero-order valence-electron chi connectivity index (χ0n) is 12.7. The van der Waals surface area contributed by atoms with Gasteiger partial charge in [0, 0.05) is 35.8 Å². The summed E-state index contributed by atoms with van der Waals surface area (Å²) in [6.07, 6.45) is 6.69. The number of anilines is 2. The van der Waals surface area contributed by atoms with Gasteiger partial charge in [-0.1, -0.05) is 11.6 Å². The number of amides is 1. The van der Waals surface area contributed by atoms with E-state index >= 15 is 0 Å². The van der Waals surface area contributed by atoms with Gasteiger partial charge in [0.2, 0.25) is 0 Å². The van der Waals surface area contributed by atoms with Crippen LogP contribution in [0.1, 0.15) is 15.9 Å². The Morgan fingerprint density at radius 1 is 0.958 bits per heavy atom. The van der Waals surface area contributed by atoms with Crippen LogP contribution in [0.3, 0.4) is 0 Å². The van der Waals surface area contributed by atoms with E-state index in [4.69, 9.17) is 11.6 Å². The average Bonchev–Trinajstić information content (AvgIpc) is 2.63. The smallest absolute Gasteiger partial charge is 0.257 e. The lowest BCUT2D eigenvalue weighted by Gasteiger charge is -2.12. The maximum absolute atomic E-state index is 12.5. The number of halogens is 1. The maximum atomic E-state index is 12.5. The van der Waals surface area contributed by atoms with E-state index in [9.17, 15) is 4.79 Å². The molecule has 0 unspecified atom stereocenters. The van der Waals surface area contributed by atoms with Crippen LogP contribution in [0.25, 0.3) is 0 Å². The molecule has 0 saturated carbocycles. The first-order valence-electron chi connectivity index (χ1n) is 7.36. The van der Waals surface area contributed by atoms with Crippen molar-refractivity contribution in [2.24, 2.45) is 0 Å². The molecule has 0 radical (unpaired) electrons. The second-order valence-electron chi connectivity index (χ2n) is 5.09. The van der Waals surface area contributed by atoms with Gasteiger partial charge in [0.1, 0.15) is 0 Å². The Morgan fingerprint density at radius 3 is 2.42 bits per heavy atom. The average molecular weight is 339 g/mol. The largest absolute Gasteiger partial charge is 0.379 e. The van der Waals surface area contributed by atoms with Crippen LogP contribution in [-0.2, 0) is 6.54 Å². The molecule has 1 aromatic carbocycles. The number of rotatable bonds is 5. The fourth-order valence-corrected chi connectivity index (χ4v) is 2.29. The first-order valence-corrected chi connectivity index (χ1v) is 7.74. The normalized spacial score (nSPS) is 10.2. The van der Waals surface area contributed by atoms with Gasteiger partial charge < -0.3 is 10.6 Å². The molecule has 1 amide bonds. The number of hydrogen-bond acceptors (Lipinski definition) is 4. The van der Waals surface area contributed by atoms with E-state index in [2.05, 4.69) is 20.6 Å². The molecule has 0 bridgehead atoms. The summed E-state index contributed by atoms with van der Waals surface area (Å²) in [5.41, 5.74) is 2.94. The van der Waals surface area contributed by atoms with Gasteiger partial charge in [0.05, 0.1) is 17.4 Å². The minimum Gasteiger partial charge on any atom is -0.379 e. The van der Waals surface area contributed by atoms with E-state index in [0.717, 1.165) is 5.56 Å². The van der Waals surface area contributed by atoms with Gasteiger partial charge in [-0.05, 0) is 48.0 Å². The van der Waals surface area contributed by atoms with Gasteiger partial charge in [-0.25, -0.2) is 0 Å². The summed E-state index contributed by atoms with van der Waals surface area (Å²) in [6.45, 7) is 0.579. The third-order valence-electron chi connectivity index (χ3n) is 3.40. The Bertz CT molecular complexity index is 822. The minimum atomic E-state index is -0.211. The molecule has 0 saturated heterocycles. The van der Waals surface area contributed by atoms with E-state index in [-0.39, 0.29) is 5.91 Å². The molecule has 6 heteroatoms. The quantitative estimate of drug-likeness (QED) is 0.738. The highest BCUT2D eigenvalue weighted by atomic mass is 35.5. The number of carbonyl (C=O) groups is 1. The number of hydrogen-bond donors (Lipinski definition) is 2. The van der Waals surface area contributed by atoms with E-state index in [1.807, 2.05) is 12.1 Å². The van der Waals surface area contributed by atoms with Gasteiger partial charge >= 0.3 is 0 Å². The zero-order chi connectivity index (χ0) is 16.8. The summed E-state index contributed by atoms with van der Waals surface area (Å²) >= 11 is 5.85. The Labute approximate surface area is 144 Å². The van der Waals surface area contributed by atoms with Crippen LogP contribution in [0.4, 0.5) is 11.4 Å². The van der Waals surface area contributed by atoms with Crippen molar-refractivity contribution in [3.8, 4) is 0 Å². The van der Waals surface area contributed by atoms with Crippen LogP contribution >= 0.6 is 11.6 Å². The molecule has 2 heterocycles. The highest BCUT2D eigenvalue weighted by Gasteiger charge is 2.11. The molecule has 0 fully saturated rings. The van der Waals surface area contributed by atoms with Crippen molar-refractivity contribution in [1.82, 2.24) is 9.97 Å². The van der Waals surface area contributed by atoms with Crippen molar-refractivity contribution in [2.75, 3.05) is 10.6 Å². The van der Waals surface area contributed by atoms with Gasteiger partial charge in [0.25, 0.3) is 5.91 Å². The Kier molecular flexibility index (Phi) is 5.03. The number of nitrogens with one attached hydrogen (secondary N) is 2. The molecule has 120 valence electrons. The van der Waals surface area contributed by atoms with Crippen molar-refractivity contribution in [3.05, 3.63) is 83.4 Å². The number of carbonyl (C=O) groups excluding carboxylic acids is 1. The molecular weight excluding hydrogens is 324 g/mol. The second-order valence-corrected chi connectivity index (χ2v) is 5.53. The van der Waals surface area contributed by atoms with Crippen LogP contribution in [0.2, 0.25) is 5.02 Å². The number of benzene rings is 1. The van der Waals surface area contributed by atoms with Crippen molar-refractivity contribution in [1.29, 1.82) is 0 Å². The number of nitrogens with zero attached hydrogens (tertiary/aromatic N) is 2. The van der Waals surface area contributed by atoms with Crippen molar-refractivity contribution < 1.29 is 4.79 Å². The maximum Gasteiger partial charge on any atom is 0.257 e. The predicted octanol–water partition coefficient (Wildman–Crippen LogP) is 3.99. The first-order chi connectivity index (χ1) is 11.7. The first kappa shape index (κ1) is 16.0. The molecule has 0 aliphatic heterocycles. The Hall–Kier alpha value is -2.92. The molecular formula is C18H15ClN4O. The predicted molar refractivity (Wildman–Crippen MR) is 95.2 cm³/mol. The van der Waals surface area contributed by atoms with E-state index < -0.39 is 0 Å². The van der Waals surface area contributed by atoms with Crippen LogP contribution in [0.5, 0.6) is 0 Å². The Balaban J connectivity index is 1.73. The zero-order valence-corrected chi connectivity index (χ0v) is 13.5. The summed E-state index contributed by atoms with van der Waals surface area (Å²) in [6, 6.07) is 12.5. The van der Waals surface area contributed by atoms with Crippen LogP contribution < -0.4 is 10.6 Å². The van der Waals surface area contributed by atoms with Crippen molar-refractivity contribution >= 4 is 28.9 Å². The van der Waals surface area contributed by atoms with E-state index in [0.29, 0.717) is 28.5 Å². The van der Waals surface area contributed by atoms with Crippen molar-refractivity contribution in [3.63, 3.8) is 0 Å². The van der Waals surface area contributed by atoms with Crippen LogP contribution in [-0.4, -0.2) is 15.9 Å². The second kappa shape index (κ2) is 7.57. The van der Waals surface area contributed by atoms with Gasteiger partial charge in [0.15, 0.2) is 0 Å².